The monoisotopic (exact) mass is 339 g/mol. The number of nitrogens with one attached hydrogen (secondary N) is 2. The lowest BCUT2D eigenvalue weighted by atomic mass is 10.1. The average molecular weight is 339 g/mol. The quantitative estimate of drug-likeness (QED) is 0.757. The molecule has 0 atom stereocenters. The van der Waals surface area contributed by atoms with Crippen molar-refractivity contribution >= 4 is 17.5 Å². The van der Waals surface area contributed by atoms with Crippen LogP contribution in [-0.4, -0.2) is 42.1 Å². The number of aryl methyl sites for hydroxylation is 1. The number of amides is 1. The summed E-state index contributed by atoms with van der Waals surface area (Å²) in [6.07, 6.45) is 2.85. The first-order chi connectivity index (χ1) is 12.2. The molecule has 2 aromatic rings. The predicted octanol–water partition coefficient (Wildman–Crippen LogP) is 2.16. The smallest absolute Gasteiger partial charge is 0.224 e. The molecule has 0 unspecified atom stereocenters. The van der Waals surface area contributed by atoms with Crippen LogP contribution in [0.2, 0.25) is 0 Å². The fraction of sp³-hybridized carbons (Fsp3) is 0.421. The second kappa shape index (κ2) is 8.46. The highest BCUT2D eigenvalue weighted by Gasteiger charge is 2.14. The molecule has 1 saturated heterocycles. The minimum atomic E-state index is 0.0321. The highest BCUT2D eigenvalue weighted by atomic mass is 16.1. The highest BCUT2D eigenvalue weighted by Crippen LogP contribution is 2.20. The Hall–Kier alpha value is -2.63. The molecule has 1 aromatic carbocycles. The third kappa shape index (κ3) is 5.17. The first-order valence-electron chi connectivity index (χ1n) is 8.86. The van der Waals surface area contributed by atoms with Gasteiger partial charge in [0.15, 0.2) is 0 Å². The van der Waals surface area contributed by atoms with E-state index in [4.69, 9.17) is 0 Å². The maximum Gasteiger partial charge on any atom is 0.224 e. The Labute approximate surface area is 148 Å². The number of hydrogen-bond donors (Lipinski definition) is 2. The van der Waals surface area contributed by atoms with Crippen LogP contribution >= 0.6 is 0 Å². The van der Waals surface area contributed by atoms with Crippen molar-refractivity contribution in [3.63, 3.8) is 0 Å². The Bertz CT molecular complexity index is 698. The average Bonchev–Trinajstić information content (AvgIpc) is 3.14. The van der Waals surface area contributed by atoms with E-state index in [1.54, 1.807) is 0 Å². The number of aromatic nitrogens is 2. The van der Waals surface area contributed by atoms with Crippen molar-refractivity contribution in [3.8, 4) is 0 Å². The van der Waals surface area contributed by atoms with Crippen molar-refractivity contribution in [2.45, 2.75) is 26.2 Å². The summed E-state index contributed by atoms with van der Waals surface area (Å²) in [5, 5.41) is 6.21. The van der Waals surface area contributed by atoms with Gasteiger partial charge in [0.05, 0.1) is 6.42 Å². The van der Waals surface area contributed by atoms with Crippen LogP contribution in [0.1, 0.15) is 24.2 Å². The Kier molecular flexibility index (Phi) is 5.82. The number of rotatable bonds is 7. The number of anilines is 2. The Morgan fingerprint density at radius 2 is 1.88 bits per heavy atom. The van der Waals surface area contributed by atoms with Crippen LogP contribution in [0.3, 0.4) is 0 Å². The van der Waals surface area contributed by atoms with Crippen molar-refractivity contribution in [2.75, 3.05) is 36.4 Å². The first kappa shape index (κ1) is 17.2. The zero-order chi connectivity index (χ0) is 17.5. The fourth-order valence-corrected chi connectivity index (χ4v) is 2.99. The van der Waals surface area contributed by atoms with Gasteiger partial charge in [-0.2, -0.15) is 0 Å². The van der Waals surface area contributed by atoms with Gasteiger partial charge in [0, 0.05) is 32.2 Å². The largest absolute Gasteiger partial charge is 0.368 e. The summed E-state index contributed by atoms with van der Waals surface area (Å²) < 4.78 is 0. The molecular weight excluding hydrogens is 314 g/mol. The topological polar surface area (TPSA) is 70.2 Å². The van der Waals surface area contributed by atoms with Gasteiger partial charge < -0.3 is 15.5 Å². The number of carbonyl (C=O) groups is 1. The third-order valence-electron chi connectivity index (χ3n) is 4.22. The number of nitrogens with zero attached hydrogens (tertiary/aromatic N) is 3. The van der Waals surface area contributed by atoms with Crippen LogP contribution in [-0.2, 0) is 11.2 Å². The van der Waals surface area contributed by atoms with Crippen LogP contribution in [0.25, 0.3) is 0 Å². The van der Waals surface area contributed by atoms with Crippen LogP contribution in [0.5, 0.6) is 0 Å². The fourth-order valence-electron chi connectivity index (χ4n) is 2.99. The summed E-state index contributed by atoms with van der Waals surface area (Å²) >= 11 is 0. The van der Waals surface area contributed by atoms with Crippen LogP contribution in [0.4, 0.5) is 11.6 Å². The molecule has 0 spiro atoms. The van der Waals surface area contributed by atoms with Crippen molar-refractivity contribution < 1.29 is 4.79 Å². The van der Waals surface area contributed by atoms with Gasteiger partial charge in [0.2, 0.25) is 5.91 Å². The maximum atomic E-state index is 11.9. The molecule has 25 heavy (non-hydrogen) atoms. The molecule has 1 amide bonds. The summed E-state index contributed by atoms with van der Waals surface area (Å²) in [4.78, 5) is 23.2. The molecule has 2 heterocycles. The lowest BCUT2D eigenvalue weighted by molar-refractivity contribution is -0.120. The van der Waals surface area contributed by atoms with E-state index in [1.807, 2.05) is 43.3 Å². The van der Waals surface area contributed by atoms with Gasteiger partial charge in [-0.05, 0) is 25.3 Å². The third-order valence-corrected chi connectivity index (χ3v) is 4.22. The van der Waals surface area contributed by atoms with E-state index < -0.39 is 0 Å². The lowest BCUT2D eigenvalue weighted by Crippen LogP contribution is -2.30. The molecule has 0 saturated carbocycles. The second-order valence-electron chi connectivity index (χ2n) is 6.29. The molecule has 1 aromatic heterocycles. The molecule has 0 radical (unpaired) electrons. The Morgan fingerprint density at radius 1 is 1.12 bits per heavy atom. The minimum Gasteiger partial charge on any atom is -0.368 e. The highest BCUT2D eigenvalue weighted by molar-refractivity contribution is 5.78. The van der Waals surface area contributed by atoms with E-state index in [0.717, 1.165) is 36.1 Å². The van der Waals surface area contributed by atoms with E-state index in [-0.39, 0.29) is 5.91 Å². The van der Waals surface area contributed by atoms with Gasteiger partial charge in [-0.3, -0.25) is 4.79 Å². The predicted molar refractivity (Wildman–Crippen MR) is 99.9 cm³/mol. The molecule has 6 heteroatoms. The maximum absolute atomic E-state index is 11.9. The van der Waals surface area contributed by atoms with Gasteiger partial charge in [0.25, 0.3) is 0 Å². The number of hydrogen-bond acceptors (Lipinski definition) is 5. The standard InChI is InChI=1S/C19H25N5O/c1-15-22-17(14-18(23-15)24-11-5-6-12-24)20-9-10-21-19(25)13-16-7-3-2-4-8-16/h2-4,7-8,14H,5-6,9-13H2,1H3,(H,21,25)(H,20,22,23). The van der Waals surface area contributed by atoms with E-state index in [9.17, 15) is 4.79 Å². The SMILES string of the molecule is Cc1nc(NCCNC(=O)Cc2ccccc2)cc(N2CCCC2)n1. The summed E-state index contributed by atoms with van der Waals surface area (Å²) in [7, 11) is 0. The minimum absolute atomic E-state index is 0.0321. The van der Waals surface area contributed by atoms with Crippen molar-refractivity contribution in [3.05, 3.63) is 47.8 Å². The molecule has 1 aliphatic rings. The molecule has 0 bridgehead atoms. The van der Waals surface area contributed by atoms with E-state index >= 15 is 0 Å². The zero-order valence-corrected chi connectivity index (χ0v) is 14.7. The zero-order valence-electron chi connectivity index (χ0n) is 14.7. The number of carbonyl (C=O) groups excluding carboxylic acids is 1. The second-order valence-corrected chi connectivity index (χ2v) is 6.29. The van der Waals surface area contributed by atoms with Gasteiger partial charge in [0.1, 0.15) is 17.5 Å². The van der Waals surface area contributed by atoms with Crippen molar-refractivity contribution in [1.29, 1.82) is 0 Å². The summed E-state index contributed by atoms with van der Waals surface area (Å²) in [5.74, 6) is 2.59. The molecule has 2 N–H and O–H groups in total. The summed E-state index contributed by atoms with van der Waals surface area (Å²) in [5.41, 5.74) is 1.02. The van der Waals surface area contributed by atoms with Crippen molar-refractivity contribution in [1.82, 2.24) is 15.3 Å². The first-order valence-corrected chi connectivity index (χ1v) is 8.86. The van der Waals surface area contributed by atoms with Crippen LogP contribution in [0, 0.1) is 6.92 Å². The molecule has 132 valence electrons. The molecule has 3 rings (SSSR count). The Balaban J connectivity index is 1.45. The number of benzene rings is 1. The van der Waals surface area contributed by atoms with Gasteiger partial charge in [-0.1, -0.05) is 30.3 Å². The normalized spacial score (nSPS) is 13.7. The van der Waals surface area contributed by atoms with Crippen molar-refractivity contribution in [2.24, 2.45) is 0 Å². The van der Waals surface area contributed by atoms with E-state index in [2.05, 4.69) is 25.5 Å². The molecule has 0 aliphatic carbocycles. The van der Waals surface area contributed by atoms with Gasteiger partial charge in [-0.25, -0.2) is 9.97 Å². The lowest BCUT2D eigenvalue weighted by Gasteiger charge is -2.17. The van der Waals surface area contributed by atoms with Gasteiger partial charge in [-0.15, -0.1) is 0 Å². The molecular formula is C19H25N5O. The molecule has 1 aliphatic heterocycles. The summed E-state index contributed by atoms with van der Waals surface area (Å²) in [6, 6.07) is 11.7. The Morgan fingerprint density at radius 3 is 2.64 bits per heavy atom. The molecule has 6 nitrogen and oxygen atoms in total. The van der Waals surface area contributed by atoms with Crippen LogP contribution < -0.4 is 15.5 Å². The molecule has 1 fully saturated rings. The van der Waals surface area contributed by atoms with E-state index in [1.165, 1.54) is 12.8 Å². The van der Waals surface area contributed by atoms with Crippen LogP contribution in [0.15, 0.2) is 36.4 Å². The van der Waals surface area contributed by atoms with Gasteiger partial charge >= 0.3 is 0 Å². The van der Waals surface area contributed by atoms with E-state index in [0.29, 0.717) is 19.5 Å². The summed E-state index contributed by atoms with van der Waals surface area (Å²) in [6.45, 7) is 5.23.